The van der Waals surface area contributed by atoms with E-state index in [-0.39, 0.29) is 17.7 Å². The minimum atomic E-state index is -0.548. The van der Waals surface area contributed by atoms with E-state index in [0.717, 1.165) is 0 Å². The fourth-order valence-corrected chi connectivity index (χ4v) is 1.92. The molecule has 0 saturated heterocycles. The number of hydrogen-bond acceptors (Lipinski definition) is 3. The van der Waals surface area contributed by atoms with Gasteiger partial charge in [-0.25, -0.2) is 0 Å². The quantitative estimate of drug-likeness (QED) is 0.811. The van der Waals surface area contributed by atoms with Crippen LogP contribution in [0.25, 0.3) is 0 Å². The second kappa shape index (κ2) is 8.41. The zero-order valence-corrected chi connectivity index (χ0v) is 14.0. The summed E-state index contributed by atoms with van der Waals surface area (Å²) in [5.74, 6) is 0.654. The summed E-state index contributed by atoms with van der Waals surface area (Å²) in [4.78, 5) is 24.5. The SMILES string of the molecule is COc1ccc(C(=O)N[C@H](C(=O)NCC(C)C)C(C)C)cc1. The molecule has 22 heavy (non-hydrogen) atoms. The van der Waals surface area contributed by atoms with E-state index in [1.807, 2.05) is 27.7 Å². The Balaban J connectivity index is 2.72. The molecule has 122 valence electrons. The lowest BCUT2D eigenvalue weighted by atomic mass is 10.0. The van der Waals surface area contributed by atoms with Crippen LogP contribution in [0.4, 0.5) is 0 Å². The Morgan fingerprint density at radius 1 is 1.09 bits per heavy atom. The molecule has 0 aliphatic carbocycles. The number of benzene rings is 1. The molecule has 1 aromatic carbocycles. The van der Waals surface area contributed by atoms with Crippen LogP contribution in [0.15, 0.2) is 24.3 Å². The molecule has 1 atom stereocenters. The van der Waals surface area contributed by atoms with Crippen LogP contribution in [0, 0.1) is 11.8 Å². The fraction of sp³-hybridized carbons (Fsp3) is 0.529. The average Bonchev–Trinajstić information content (AvgIpc) is 2.49. The molecule has 1 aromatic rings. The lowest BCUT2D eigenvalue weighted by Crippen LogP contribution is -2.50. The predicted octanol–water partition coefficient (Wildman–Crippen LogP) is 2.22. The van der Waals surface area contributed by atoms with Gasteiger partial charge in [0.25, 0.3) is 5.91 Å². The number of hydrogen-bond donors (Lipinski definition) is 2. The van der Waals surface area contributed by atoms with Crippen LogP contribution < -0.4 is 15.4 Å². The van der Waals surface area contributed by atoms with Gasteiger partial charge in [-0.1, -0.05) is 27.7 Å². The molecule has 0 fully saturated rings. The van der Waals surface area contributed by atoms with Gasteiger partial charge < -0.3 is 15.4 Å². The van der Waals surface area contributed by atoms with Crippen molar-refractivity contribution in [1.82, 2.24) is 10.6 Å². The third-order valence-corrected chi connectivity index (χ3v) is 3.27. The highest BCUT2D eigenvalue weighted by molar-refractivity contribution is 5.97. The van der Waals surface area contributed by atoms with E-state index >= 15 is 0 Å². The van der Waals surface area contributed by atoms with Crippen molar-refractivity contribution >= 4 is 11.8 Å². The minimum absolute atomic E-state index is 0.00867. The zero-order chi connectivity index (χ0) is 16.7. The molecule has 5 heteroatoms. The second-order valence-corrected chi connectivity index (χ2v) is 6.06. The first kappa shape index (κ1) is 18.0. The summed E-state index contributed by atoms with van der Waals surface area (Å²) in [5.41, 5.74) is 0.503. The molecular weight excluding hydrogens is 280 g/mol. The molecule has 0 saturated carbocycles. The lowest BCUT2D eigenvalue weighted by Gasteiger charge is -2.22. The van der Waals surface area contributed by atoms with Crippen LogP contribution in [0.5, 0.6) is 5.75 Å². The minimum Gasteiger partial charge on any atom is -0.497 e. The van der Waals surface area contributed by atoms with Gasteiger partial charge in [0.2, 0.25) is 5.91 Å². The van der Waals surface area contributed by atoms with Crippen LogP contribution in [-0.4, -0.2) is 31.5 Å². The summed E-state index contributed by atoms with van der Waals surface area (Å²) in [6, 6.07) is 6.25. The Hall–Kier alpha value is -2.04. The van der Waals surface area contributed by atoms with E-state index in [9.17, 15) is 9.59 Å². The predicted molar refractivity (Wildman–Crippen MR) is 86.9 cm³/mol. The molecule has 5 nitrogen and oxygen atoms in total. The van der Waals surface area contributed by atoms with Crippen molar-refractivity contribution in [2.75, 3.05) is 13.7 Å². The summed E-state index contributed by atoms with van der Waals surface area (Å²) >= 11 is 0. The van der Waals surface area contributed by atoms with Gasteiger partial charge in [-0.15, -0.1) is 0 Å². The van der Waals surface area contributed by atoms with Crippen LogP contribution in [0.1, 0.15) is 38.1 Å². The monoisotopic (exact) mass is 306 g/mol. The summed E-state index contributed by atoms with van der Waals surface area (Å²) in [5, 5.41) is 5.67. The summed E-state index contributed by atoms with van der Waals surface area (Å²) in [7, 11) is 1.57. The first-order chi connectivity index (χ1) is 10.3. The van der Waals surface area contributed by atoms with Gasteiger partial charge in [0.05, 0.1) is 7.11 Å². The van der Waals surface area contributed by atoms with Gasteiger partial charge in [-0.05, 0) is 36.1 Å². The molecule has 2 amide bonds. The first-order valence-corrected chi connectivity index (χ1v) is 7.57. The van der Waals surface area contributed by atoms with Gasteiger partial charge in [0.1, 0.15) is 11.8 Å². The number of ether oxygens (including phenoxy) is 1. The van der Waals surface area contributed by atoms with Crippen molar-refractivity contribution in [1.29, 1.82) is 0 Å². The maximum atomic E-state index is 12.3. The van der Waals surface area contributed by atoms with Gasteiger partial charge in [0, 0.05) is 12.1 Å². The Bertz CT molecular complexity index is 495. The molecule has 0 bridgehead atoms. The number of methoxy groups -OCH3 is 1. The highest BCUT2D eigenvalue weighted by Crippen LogP contribution is 2.12. The van der Waals surface area contributed by atoms with Crippen molar-refractivity contribution in [3.63, 3.8) is 0 Å². The van der Waals surface area contributed by atoms with E-state index in [4.69, 9.17) is 4.74 Å². The summed E-state index contributed by atoms with van der Waals surface area (Å²) in [6.45, 7) is 8.48. The lowest BCUT2D eigenvalue weighted by molar-refractivity contribution is -0.124. The van der Waals surface area contributed by atoms with Crippen LogP contribution >= 0.6 is 0 Å². The number of carbonyl (C=O) groups is 2. The number of nitrogens with one attached hydrogen (secondary N) is 2. The molecule has 0 aromatic heterocycles. The third kappa shape index (κ3) is 5.39. The Labute approximate surface area is 132 Å². The van der Waals surface area contributed by atoms with Crippen LogP contribution in [0.3, 0.4) is 0 Å². The van der Waals surface area contributed by atoms with Crippen LogP contribution in [-0.2, 0) is 4.79 Å². The number of carbonyl (C=O) groups excluding carboxylic acids is 2. The average molecular weight is 306 g/mol. The Morgan fingerprint density at radius 2 is 1.68 bits per heavy atom. The molecule has 0 heterocycles. The van der Waals surface area contributed by atoms with E-state index in [2.05, 4.69) is 10.6 Å². The standard InChI is InChI=1S/C17H26N2O3/c1-11(2)10-18-17(21)15(12(3)4)19-16(20)13-6-8-14(22-5)9-7-13/h6-9,11-12,15H,10H2,1-5H3,(H,18,21)(H,19,20)/t15-/m0/s1. The van der Waals surface area contributed by atoms with Gasteiger partial charge >= 0.3 is 0 Å². The normalized spacial score (nSPS) is 12.1. The maximum absolute atomic E-state index is 12.3. The van der Waals surface area contributed by atoms with Gasteiger partial charge in [-0.3, -0.25) is 9.59 Å². The van der Waals surface area contributed by atoms with Gasteiger partial charge in [0.15, 0.2) is 0 Å². The first-order valence-electron chi connectivity index (χ1n) is 7.57. The number of amides is 2. The topological polar surface area (TPSA) is 67.4 Å². The number of rotatable bonds is 7. The van der Waals surface area contributed by atoms with E-state index in [1.165, 1.54) is 0 Å². The molecule has 1 rings (SSSR count). The van der Waals surface area contributed by atoms with Crippen molar-refractivity contribution in [3.05, 3.63) is 29.8 Å². The van der Waals surface area contributed by atoms with Gasteiger partial charge in [-0.2, -0.15) is 0 Å². The molecule has 0 spiro atoms. The second-order valence-electron chi connectivity index (χ2n) is 6.06. The van der Waals surface area contributed by atoms with Crippen LogP contribution in [0.2, 0.25) is 0 Å². The maximum Gasteiger partial charge on any atom is 0.251 e. The van der Waals surface area contributed by atoms with Crippen molar-refractivity contribution in [2.24, 2.45) is 11.8 Å². The zero-order valence-electron chi connectivity index (χ0n) is 14.0. The molecule has 0 radical (unpaired) electrons. The fourth-order valence-electron chi connectivity index (χ4n) is 1.92. The molecule has 0 aliphatic rings. The van der Waals surface area contributed by atoms with E-state index in [0.29, 0.717) is 23.8 Å². The smallest absolute Gasteiger partial charge is 0.251 e. The van der Waals surface area contributed by atoms with E-state index < -0.39 is 6.04 Å². The van der Waals surface area contributed by atoms with Crippen molar-refractivity contribution in [3.8, 4) is 5.75 Å². The molecule has 2 N–H and O–H groups in total. The third-order valence-electron chi connectivity index (χ3n) is 3.27. The summed E-state index contributed by atoms with van der Waals surface area (Å²) < 4.78 is 5.06. The summed E-state index contributed by atoms with van der Waals surface area (Å²) in [6.07, 6.45) is 0. The van der Waals surface area contributed by atoms with Crippen molar-refractivity contribution < 1.29 is 14.3 Å². The highest BCUT2D eigenvalue weighted by Gasteiger charge is 2.24. The van der Waals surface area contributed by atoms with Crippen molar-refractivity contribution in [2.45, 2.75) is 33.7 Å². The molecular formula is C17H26N2O3. The molecule has 0 aliphatic heterocycles. The molecule has 0 unspecified atom stereocenters. The largest absolute Gasteiger partial charge is 0.497 e. The Morgan fingerprint density at radius 3 is 2.14 bits per heavy atom. The Kier molecular flexibility index (Phi) is 6.89. The highest BCUT2D eigenvalue weighted by atomic mass is 16.5. The van der Waals surface area contributed by atoms with E-state index in [1.54, 1.807) is 31.4 Å².